The Labute approximate surface area is 113 Å². The van der Waals surface area contributed by atoms with Crippen molar-refractivity contribution in [3.05, 3.63) is 16.4 Å². The third-order valence-corrected chi connectivity index (χ3v) is 4.37. The summed E-state index contributed by atoms with van der Waals surface area (Å²) in [4.78, 5) is 0. The summed E-state index contributed by atoms with van der Waals surface area (Å²) in [5, 5.41) is 5.31. The first-order valence-electron chi connectivity index (χ1n) is 6.66. The number of hydrogen-bond donors (Lipinski definition) is 1. The summed E-state index contributed by atoms with van der Waals surface area (Å²) >= 11 is 6.42. The lowest BCUT2D eigenvalue weighted by molar-refractivity contribution is 0.0949. The highest BCUT2D eigenvalue weighted by Crippen LogP contribution is 2.31. The minimum Gasteiger partial charge on any atom is -0.377 e. The number of nitrogens with two attached hydrogens (primary N) is 1. The van der Waals surface area contributed by atoms with Crippen molar-refractivity contribution in [2.75, 3.05) is 6.61 Å². The van der Waals surface area contributed by atoms with E-state index in [0.29, 0.717) is 0 Å². The van der Waals surface area contributed by atoms with Crippen LogP contribution in [0.5, 0.6) is 0 Å². The molecule has 2 heterocycles. The first-order chi connectivity index (χ1) is 8.51. The molecule has 0 aliphatic carbocycles. The molecule has 1 saturated heterocycles. The summed E-state index contributed by atoms with van der Waals surface area (Å²) < 4.78 is 7.56. The van der Waals surface area contributed by atoms with Gasteiger partial charge in [0.1, 0.15) is 0 Å². The topological polar surface area (TPSA) is 53.1 Å². The summed E-state index contributed by atoms with van der Waals surface area (Å²) in [6.07, 6.45) is 2.52. The molecule has 1 aliphatic rings. The van der Waals surface area contributed by atoms with Crippen LogP contribution in [0, 0.1) is 0 Å². The number of aromatic nitrogens is 2. The van der Waals surface area contributed by atoms with E-state index in [2.05, 4.69) is 18.9 Å². The van der Waals surface area contributed by atoms with E-state index < -0.39 is 0 Å². The number of rotatable bonds is 4. The van der Waals surface area contributed by atoms with Crippen LogP contribution in [0.2, 0.25) is 5.02 Å². The highest BCUT2D eigenvalue weighted by atomic mass is 35.5. The number of aryl methyl sites for hydroxylation is 2. The molecule has 0 spiro atoms. The molecule has 0 amide bonds. The van der Waals surface area contributed by atoms with Crippen molar-refractivity contribution in [1.29, 1.82) is 0 Å². The third-order valence-electron chi connectivity index (χ3n) is 3.94. The summed E-state index contributed by atoms with van der Waals surface area (Å²) in [7, 11) is 0. The molecule has 2 atom stereocenters. The van der Waals surface area contributed by atoms with Crippen molar-refractivity contribution in [3.8, 4) is 0 Å². The molecule has 1 fully saturated rings. The highest BCUT2D eigenvalue weighted by Gasteiger charge is 2.39. The Balaban J connectivity index is 2.30. The van der Waals surface area contributed by atoms with Gasteiger partial charge in [-0.15, -0.1) is 0 Å². The second kappa shape index (κ2) is 5.19. The Morgan fingerprint density at radius 3 is 2.78 bits per heavy atom. The fourth-order valence-corrected chi connectivity index (χ4v) is 2.86. The summed E-state index contributed by atoms with van der Waals surface area (Å²) in [6, 6.07) is 0. The van der Waals surface area contributed by atoms with Gasteiger partial charge in [-0.2, -0.15) is 5.10 Å². The zero-order valence-electron chi connectivity index (χ0n) is 11.4. The van der Waals surface area contributed by atoms with Crippen molar-refractivity contribution >= 4 is 11.6 Å². The first-order valence-corrected chi connectivity index (χ1v) is 7.04. The Hall–Kier alpha value is -0.580. The molecule has 5 heteroatoms. The molecule has 18 heavy (non-hydrogen) atoms. The molecular weight excluding hydrogens is 250 g/mol. The smallest absolute Gasteiger partial charge is 0.0850 e. The van der Waals surface area contributed by atoms with E-state index in [4.69, 9.17) is 22.1 Å². The fourth-order valence-electron chi connectivity index (χ4n) is 2.52. The van der Waals surface area contributed by atoms with E-state index in [1.54, 1.807) is 0 Å². The molecule has 4 nitrogen and oxygen atoms in total. The number of ether oxygens (including phenoxy) is 1. The Morgan fingerprint density at radius 1 is 1.56 bits per heavy atom. The zero-order chi connectivity index (χ0) is 13.3. The quantitative estimate of drug-likeness (QED) is 0.913. The molecule has 2 N–H and O–H groups in total. The number of nitrogens with zero attached hydrogens (tertiary/aromatic N) is 2. The monoisotopic (exact) mass is 271 g/mol. The normalized spacial score (nSPS) is 27.9. The minimum absolute atomic E-state index is 0.0684. The zero-order valence-corrected chi connectivity index (χ0v) is 12.1. The first kappa shape index (κ1) is 13.8. The van der Waals surface area contributed by atoms with Gasteiger partial charge in [0.25, 0.3) is 0 Å². The second-order valence-electron chi connectivity index (χ2n) is 5.05. The SMILES string of the molecule is CCc1nn(CC)c(CC2(N)CCOC2C)c1Cl. The minimum atomic E-state index is -0.318. The van der Waals surface area contributed by atoms with Crippen LogP contribution >= 0.6 is 11.6 Å². The van der Waals surface area contributed by atoms with Crippen LogP contribution in [0.1, 0.15) is 38.6 Å². The average molecular weight is 272 g/mol. The van der Waals surface area contributed by atoms with E-state index in [1.165, 1.54) is 0 Å². The van der Waals surface area contributed by atoms with Crippen molar-refractivity contribution < 1.29 is 4.74 Å². The maximum Gasteiger partial charge on any atom is 0.0850 e. The molecule has 0 bridgehead atoms. The highest BCUT2D eigenvalue weighted by molar-refractivity contribution is 6.31. The number of halogens is 1. The lowest BCUT2D eigenvalue weighted by atomic mass is 9.88. The largest absolute Gasteiger partial charge is 0.377 e. The van der Waals surface area contributed by atoms with Gasteiger partial charge in [0.15, 0.2) is 0 Å². The van der Waals surface area contributed by atoms with Gasteiger partial charge in [-0.1, -0.05) is 18.5 Å². The van der Waals surface area contributed by atoms with Gasteiger partial charge in [-0.25, -0.2) is 0 Å². The molecule has 0 radical (unpaired) electrons. The maximum absolute atomic E-state index is 6.45. The van der Waals surface area contributed by atoms with Gasteiger partial charge in [0.2, 0.25) is 0 Å². The van der Waals surface area contributed by atoms with Crippen LogP contribution in [0.3, 0.4) is 0 Å². The lowest BCUT2D eigenvalue weighted by Gasteiger charge is -2.27. The molecular formula is C13H22ClN3O. The Morgan fingerprint density at radius 2 is 2.28 bits per heavy atom. The van der Waals surface area contributed by atoms with Crippen molar-refractivity contribution in [1.82, 2.24) is 9.78 Å². The van der Waals surface area contributed by atoms with E-state index in [1.807, 2.05) is 11.6 Å². The molecule has 2 unspecified atom stereocenters. The maximum atomic E-state index is 6.45. The van der Waals surface area contributed by atoms with Gasteiger partial charge in [-0.3, -0.25) is 4.68 Å². The molecule has 0 saturated carbocycles. The third kappa shape index (κ3) is 2.29. The van der Waals surface area contributed by atoms with Gasteiger partial charge < -0.3 is 10.5 Å². The fraction of sp³-hybridized carbons (Fsp3) is 0.769. The van der Waals surface area contributed by atoms with Crippen LogP contribution in [-0.2, 0) is 24.1 Å². The van der Waals surface area contributed by atoms with E-state index in [9.17, 15) is 0 Å². The lowest BCUT2D eigenvalue weighted by Crippen LogP contribution is -2.48. The summed E-state index contributed by atoms with van der Waals surface area (Å²) in [6.45, 7) is 7.73. The van der Waals surface area contributed by atoms with Crippen molar-refractivity contribution in [3.63, 3.8) is 0 Å². The van der Waals surface area contributed by atoms with Crippen LogP contribution in [0.4, 0.5) is 0 Å². The molecule has 1 aromatic rings. The second-order valence-corrected chi connectivity index (χ2v) is 5.43. The Bertz CT molecular complexity index is 432. The molecule has 102 valence electrons. The van der Waals surface area contributed by atoms with Gasteiger partial charge in [0, 0.05) is 25.1 Å². The molecule has 1 aliphatic heterocycles. The average Bonchev–Trinajstić information content (AvgIpc) is 2.83. The van der Waals surface area contributed by atoms with Gasteiger partial charge >= 0.3 is 0 Å². The van der Waals surface area contributed by atoms with E-state index in [-0.39, 0.29) is 11.6 Å². The van der Waals surface area contributed by atoms with Gasteiger partial charge in [0.05, 0.1) is 22.5 Å². The van der Waals surface area contributed by atoms with Crippen molar-refractivity contribution in [2.24, 2.45) is 5.73 Å². The van der Waals surface area contributed by atoms with E-state index >= 15 is 0 Å². The molecule has 2 rings (SSSR count). The molecule has 1 aromatic heterocycles. The van der Waals surface area contributed by atoms with Crippen LogP contribution in [-0.4, -0.2) is 28.0 Å². The van der Waals surface area contributed by atoms with Crippen LogP contribution in [0.15, 0.2) is 0 Å². The van der Waals surface area contributed by atoms with Crippen LogP contribution in [0.25, 0.3) is 0 Å². The van der Waals surface area contributed by atoms with E-state index in [0.717, 1.165) is 48.8 Å². The summed E-state index contributed by atoms with van der Waals surface area (Å²) in [5.74, 6) is 0. The van der Waals surface area contributed by atoms with Crippen LogP contribution < -0.4 is 5.73 Å². The van der Waals surface area contributed by atoms with Crippen molar-refractivity contribution in [2.45, 2.75) is 58.2 Å². The predicted octanol–water partition coefficient (Wildman–Crippen LogP) is 2.17. The predicted molar refractivity (Wildman–Crippen MR) is 72.9 cm³/mol. The van der Waals surface area contributed by atoms with Gasteiger partial charge in [-0.05, 0) is 26.7 Å². The Kier molecular flexibility index (Phi) is 3.99. The number of hydrogen-bond acceptors (Lipinski definition) is 3. The standard InChI is InChI=1S/C13H22ClN3O/c1-4-10-12(14)11(17(5-2)16-10)8-13(15)6-7-18-9(13)3/h9H,4-8,15H2,1-3H3. The summed E-state index contributed by atoms with van der Waals surface area (Å²) in [5.41, 5.74) is 8.15. The molecule has 0 aromatic carbocycles.